The average Bonchev–Trinajstić information content (AvgIpc) is 2.16. The number of hydrogen-bond acceptors (Lipinski definition) is 6. The molecule has 0 aliphatic heterocycles. The lowest BCUT2D eigenvalue weighted by Crippen LogP contribution is -2.19. The summed E-state index contributed by atoms with van der Waals surface area (Å²) in [5, 5.41) is 4.73. The normalized spacial score (nSPS) is 10.9. The highest BCUT2D eigenvalue weighted by molar-refractivity contribution is 7.84. The molecule has 0 fully saturated rings. The molecule has 0 atom stereocenters. The zero-order valence-corrected chi connectivity index (χ0v) is 8.95. The fourth-order valence-corrected chi connectivity index (χ4v) is 1.30. The van der Waals surface area contributed by atoms with E-state index < -0.39 is 10.3 Å². The summed E-state index contributed by atoms with van der Waals surface area (Å²) in [6.45, 7) is 0. The molecule has 0 amide bonds. The first-order valence-electron chi connectivity index (χ1n) is 3.77. The van der Waals surface area contributed by atoms with Crippen LogP contribution < -0.4 is 18.8 Å². The van der Waals surface area contributed by atoms with Crippen LogP contribution in [-0.4, -0.2) is 27.6 Å². The molecular formula is C7H10N2O5S. The third-order valence-corrected chi connectivity index (χ3v) is 1.85. The molecule has 0 spiro atoms. The van der Waals surface area contributed by atoms with Crippen molar-refractivity contribution < 1.29 is 22.1 Å². The summed E-state index contributed by atoms with van der Waals surface area (Å²) >= 11 is 0. The Bertz CT molecular complexity index is 422. The fraction of sp³-hybridized carbons (Fsp3) is 0.286. The molecule has 7 nitrogen and oxygen atoms in total. The number of nitrogens with zero attached hydrogens (tertiary/aromatic N) is 1. The SMILES string of the molecule is COc1ccnc(OC)c1OS(N)(=O)=O. The lowest BCUT2D eigenvalue weighted by molar-refractivity contribution is 0.350. The summed E-state index contributed by atoms with van der Waals surface area (Å²) in [7, 11) is -1.47. The second-order valence-corrected chi connectivity index (χ2v) is 3.58. The van der Waals surface area contributed by atoms with Gasteiger partial charge in [-0.15, -0.1) is 0 Å². The van der Waals surface area contributed by atoms with Crippen molar-refractivity contribution in [2.45, 2.75) is 0 Å². The molecule has 1 rings (SSSR count). The first kappa shape index (κ1) is 11.5. The van der Waals surface area contributed by atoms with Crippen LogP contribution >= 0.6 is 0 Å². The topological polar surface area (TPSA) is 101 Å². The Hall–Kier alpha value is -1.54. The second kappa shape index (κ2) is 4.32. The monoisotopic (exact) mass is 234 g/mol. The fourth-order valence-electron chi connectivity index (χ4n) is 0.911. The Morgan fingerprint density at radius 2 is 2.00 bits per heavy atom. The molecule has 1 aromatic heterocycles. The molecular weight excluding hydrogens is 224 g/mol. The molecule has 1 aromatic rings. The molecule has 1 heterocycles. The van der Waals surface area contributed by atoms with Gasteiger partial charge in [0.15, 0.2) is 5.75 Å². The van der Waals surface area contributed by atoms with Crippen LogP contribution in [0.5, 0.6) is 17.4 Å². The van der Waals surface area contributed by atoms with Crippen LogP contribution in [0, 0.1) is 0 Å². The molecule has 8 heteroatoms. The van der Waals surface area contributed by atoms with Gasteiger partial charge in [-0.05, 0) is 0 Å². The molecule has 0 radical (unpaired) electrons. The van der Waals surface area contributed by atoms with Crippen molar-refractivity contribution >= 4 is 10.3 Å². The molecule has 0 unspecified atom stereocenters. The summed E-state index contributed by atoms with van der Waals surface area (Å²) in [4.78, 5) is 3.74. The lowest BCUT2D eigenvalue weighted by Gasteiger charge is -2.10. The van der Waals surface area contributed by atoms with Crippen molar-refractivity contribution in [3.63, 3.8) is 0 Å². The summed E-state index contributed by atoms with van der Waals surface area (Å²) in [5.74, 6) is -0.0377. The van der Waals surface area contributed by atoms with Gasteiger partial charge in [-0.3, -0.25) is 0 Å². The highest BCUT2D eigenvalue weighted by Crippen LogP contribution is 2.35. The highest BCUT2D eigenvalue weighted by atomic mass is 32.2. The quantitative estimate of drug-likeness (QED) is 0.766. The van der Waals surface area contributed by atoms with Crippen molar-refractivity contribution in [3.05, 3.63) is 12.3 Å². The van der Waals surface area contributed by atoms with Gasteiger partial charge in [-0.25, -0.2) is 4.98 Å². The van der Waals surface area contributed by atoms with Crippen LogP contribution in [0.3, 0.4) is 0 Å². The van der Waals surface area contributed by atoms with Crippen LogP contribution in [0.1, 0.15) is 0 Å². The maximum Gasteiger partial charge on any atom is 0.380 e. The molecule has 0 bridgehead atoms. The van der Waals surface area contributed by atoms with Crippen LogP contribution in [0.4, 0.5) is 0 Å². The zero-order valence-electron chi connectivity index (χ0n) is 8.13. The Morgan fingerprint density at radius 3 is 2.47 bits per heavy atom. The van der Waals surface area contributed by atoms with E-state index in [1.807, 2.05) is 0 Å². The number of pyridine rings is 1. The molecule has 2 N–H and O–H groups in total. The Labute approximate surface area is 87.0 Å². The van der Waals surface area contributed by atoms with Crippen molar-refractivity contribution in [3.8, 4) is 17.4 Å². The van der Waals surface area contributed by atoms with Gasteiger partial charge in [0.2, 0.25) is 5.75 Å². The van der Waals surface area contributed by atoms with E-state index in [1.165, 1.54) is 26.5 Å². The average molecular weight is 234 g/mol. The van der Waals surface area contributed by atoms with Crippen molar-refractivity contribution in [2.24, 2.45) is 5.14 Å². The first-order chi connectivity index (χ1) is 6.98. The van der Waals surface area contributed by atoms with E-state index in [4.69, 9.17) is 14.6 Å². The van der Waals surface area contributed by atoms with Crippen molar-refractivity contribution in [1.82, 2.24) is 4.98 Å². The first-order valence-corrected chi connectivity index (χ1v) is 5.24. The van der Waals surface area contributed by atoms with E-state index in [2.05, 4.69) is 9.17 Å². The standard InChI is InChI=1S/C7H10N2O5S/c1-12-5-3-4-9-7(13-2)6(5)14-15(8,10)11/h3-4H,1-2H3,(H2,8,10,11). The predicted molar refractivity (Wildman–Crippen MR) is 51.1 cm³/mol. The number of nitrogens with two attached hydrogens (primary N) is 1. The summed E-state index contributed by atoms with van der Waals surface area (Å²) < 4.78 is 35.7. The van der Waals surface area contributed by atoms with E-state index in [0.29, 0.717) is 0 Å². The second-order valence-electron chi connectivity index (χ2n) is 2.43. The van der Waals surface area contributed by atoms with Crippen LogP contribution in [-0.2, 0) is 10.3 Å². The van der Waals surface area contributed by atoms with Crippen molar-refractivity contribution in [1.29, 1.82) is 0 Å². The number of rotatable bonds is 4. The molecule has 0 aliphatic rings. The molecule has 0 aliphatic carbocycles. The summed E-state index contributed by atoms with van der Waals surface area (Å²) in [6.07, 6.45) is 1.38. The highest BCUT2D eigenvalue weighted by Gasteiger charge is 2.17. The van der Waals surface area contributed by atoms with Crippen LogP contribution in [0.15, 0.2) is 12.3 Å². The van der Waals surface area contributed by atoms with Crippen LogP contribution in [0.25, 0.3) is 0 Å². The van der Waals surface area contributed by atoms with E-state index in [1.54, 1.807) is 0 Å². The molecule has 0 aromatic carbocycles. The van der Waals surface area contributed by atoms with E-state index in [-0.39, 0.29) is 17.4 Å². The van der Waals surface area contributed by atoms with Crippen molar-refractivity contribution in [2.75, 3.05) is 14.2 Å². The minimum atomic E-state index is -4.14. The van der Waals surface area contributed by atoms with Gasteiger partial charge in [-0.1, -0.05) is 0 Å². The molecule has 15 heavy (non-hydrogen) atoms. The largest absolute Gasteiger partial charge is 0.493 e. The molecule has 0 saturated carbocycles. The van der Waals surface area contributed by atoms with Gasteiger partial charge >= 0.3 is 10.3 Å². The minimum absolute atomic E-state index is 0.0247. The smallest absolute Gasteiger partial charge is 0.380 e. The number of ether oxygens (including phenoxy) is 2. The minimum Gasteiger partial charge on any atom is -0.493 e. The van der Waals surface area contributed by atoms with Gasteiger partial charge in [0.25, 0.3) is 5.88 Å². The number of methoxy groups -OCH3 is 2. The predicted octanol–water partition coefficient (Wildman–Crippen LogP) is -0.319. The third-order valence-electron chi connectivity index (χ3n) is 1.45. The van der Waals surface area contributed by atoms with Gasteiger partial charge < -0.3 is 13.7 Å². The number of hydrogen-bond donors (Lipinski definition) is 1. The lowest BCUT2D eigenvalue weighted by atomic mass is 10.4. The summed E-state index contributed by atoms with van der Waals surface area (Å²) in [5.41, 5.74) is 0. The van der Waals surface area contributed by atoms with Gasteiger partial charge in [0.1, 0.15) is 0 Å². The Morgan fingerprint density at radius 1 is 1.33 bits per heavy atom. The van der Waals surface area contributed by atoms with E-state index in [9.17, 15) is 8.42 Å². The molecule has 84 valence electrons. The molecule has 0 saturated heterocycles. The summed E-state index contributed by atoms with van der Waals surface area (Å²) in [6, 6.07) is 1.42. The van der Waals surface area contributed by atoms with E-state index in [0.717, 1.165) is 0 Å². The Kier molecular flexibility index (Phi) is 3.32. The third kappa shape index (κ3) is 2.96. The van der Waals surface area contributed by atoms with Gasteiger partial charge in [-0.2, -0.15) is 13.6 Å². The van der Waals surface area contributed by atoms with Gasteiger partial charge in [0, 0.05) is 12.3 Å². The zero-order chi connectivity index (χ0) is 11.5. The van der Waals surface area contributed by atoms with Crippen LogP contribution in [0.2, 0.25) is 0 Å². The van der Waals surface area contributed by atoms with Gasteiger partial charge in [0.05, 0.1) is 14.2 Å². The maximum absolute atomic E-state index is 10.8. The maximum atomic E-state index is 10.8. The Balaban J connectivity index is 3.22. The number of aromatic nitrogens is 1. The van der Waals surface area contributed by atoms with E-state index >= 15 is 0 Å².